The Morgan fingerprint density at radius 1 is 1.32 bits per heavy atom. The highest BCUT2D eigenvalue weighted by atomic mass is 35.5. The number of halogens is 2. The van der Waals surface area contributed by atoms with E-state index in [-0.39, 0.29) is 11.8 Å². The molecule has 0 aliphatic carbocycles. The quantitative estimate of drug-likeness (QED) is 0.909. The summed E-state index contributed by atoms with van der Waals surface area (Å²) in [5.41, 5.74) is 0.549. The van der Waals surface area contributed by atoms with Gasteiger partial charge in [-0.2, -0.15) is 0 Å². The molecule has 104 valence electrons. The predicted octanol–water partition coefficient (Wildman–Crippen LogP) is 2.87. The average Bonchev–Trinajstić information content (AvgIpc) is 2.38. The van der Waals surface area contributed by atoms with E-state index < -0.39 is 0 Å². The highest BCUT2D eigenvalue weighted by Crippen LogP contribution is 2.32. The van der Waals surface area contributed by atoms with Gasteiger partial charge in [-0.3, -0.25) is 9.59 Å². The van der Waals surface area contributed by atoms with Gasteiger partial charge in [0.05, 0.1) is 15.7 Å². The number of benzene rings is 1. The van der Waals surface area contributed by atoms with Crippen molar-refractivity contribution >= 4 is 40.7 Å². The number of nitrogens with zero attached hydrogens (tertiary/aromatic N) is 1. The second-order valence-electron chi connectivity index (χ2n) is 3.95. The molecule has 0 atom stereocenters. The second kappa shape index (κ2) is 7.36. The van der Waals surface area contributed by atoms with Gasteiger partial charge in [0.15, 0.2) is 0 Å². The van der Waals surface area contributed by atoms with Crippen LogP contribution in [0.25, 0.3) is 0 Å². The zero-order valence-corrected chi connectivity index (χ0v) is 12.4. The van der Waals surface area contributed by atoms with E-state index in [1.165, 1.54) is 11.8 Å². The molecule has 1 rings (SSSR count). The number of hydrogen-bond acceptors (Lipinski definition) is 2. The fraction of sp³-hybridized carbons (Fsp3) is 0.385. The summed E-state index contributed by atoms with van der Waals surface area (Å²) in [5, 5.41) is 3.44. The number of hydrogen-bond donors (Lipinski definition) is 1. The number of nitrogens with one attached hydrogen (secondary N) is 1. The molecule has 1 N–H and O–H groups in total. The second-order valence-corrected chi connectivity index (χ2v) is 4.73. The van der Waals surface area contributed by atoms with E-state index >= 15 is 0 Å². The van der Waals surface area contributed by atoms with Crippen LogP contribution in [0.5, 0.6) is 0 Å². The van der Waals surface area contributed by atoms with Crippen molar-refractivity contribution in [3.05, 3.63) is 28.2 Å². The van der Waals surface area contributed by atoms with Crippen molar-refractivity contribution in [2.45, 2.75) is 20.3 Å². The van der Waals surface area contributed by atoms with Crippen molar-refractivity contribution in [3.63, 3.8) is 0 Å². The van der Waals surface area contributed by atoms with Crippen LogP contribution in [0, 0.1) is 0 Å². The molecule has 1 aromatic carbocycles. The van der Waals surface area contributed by atoms with Gasteiger partial charge in [0.1, 0.15) is 0 Å². The molecule has 4 nitrogen and oxygen atoms in total. The Bertz CT molecular complexity index is 478. The molecule has 0 unspecified atom stereocenters. The summed E-state index contributed by atoms with van der Waals surface area (Å²) in [6.07, 6.45) is 0.415. The van der Waals surface area contributed by atoms with E-state index in [0.717, 1.165) is 0 Å². The molecule has 0 aromatic heterocycles. The Kier molecular flexibility index (Phi) is 6.12. The topological polar surface area (TPSA) is 49.4 Å². The Morgan fingerprint density at radius 3 is 2.58 bits per heavy atom. The Hall–Kier alpha value is -1.26. The van der Waals surface area contributed by atoms with Crippen molar-refractivity contribution < 1.29 is 9.59 Å². The van der Waals surface area contributed by atoms with Crippen molar-refractivity contribution in [1.82, 2.24) is 5.32 Å². The summed E-state index contributed by atoms with van der Waals surface area (Å²) in [6.45, 7) is 3.93. The van der Waals surface area contributed by atoms with Crippen LogP contribution in [0.3, 0.4) is 0 Å². The lowest BCUT2D eigenvalue weighted by atomic mass is 10.2. The van der Waals surface area contributed by atoms with Gasteiger partial charge in [0.25, 0.3) is 0 Å². The summed E-state index contributed by atoms with van der Waals surface area (Å²) in [6, 6.07) is 5.10. The maximum absolute atomic E-state index is 11.7. The molecule has 19 heavy (non-hydrogen) atoms. The van der Waals surface area contributed by atoms with Crippen molar-refractivity contribution in [2.75, 3.05) is 18.0 Å². The van der Waals surface area contributed by atoms with Crippen LogP contribution in [0.2, 0.25) is 10.0 Å². The van der Waals surface area contributed by atoms with Crippen molar-refractivity contribution in [3.8, 4) is 0 Å². The molecule has 6 heteroatoms. The van der Waals surface area contributed by atoms with Crippen LogP contribution in [0.4, 0.5) is 5.69 Å². The maximum atomic E-state index is 11.7. The normalized spacial score (nSPS) is 10.1. The minimum absolute atomic E-state index is 0.0549. The summed E-state index contributed by atoms with van der Waals surface area (Å²) in [5.74, 6) is -0.212. The van der Waals surface area contributed by atoms with Crippen LogP contribution >= 0.6 is 23.2 Å². The van der Waals surface area contributed by atoms with E-state index in [1.54, 1.807) is 25.1 Å². The van der Waals surface area contributed by atoms with Crippen molar-refractivity contribution in [2.24, 2.45) is 0 Å². The third-order valence-electron chi connectivity index (χ3n) is 2.58. The van der Waals surface area contributed by atoms with E-state index in [9.17, 15) is 9.59 Å². The Balaban J connectivity index is 2.81. The van der Waals surface area contributed by atoms with E-state index in [1.807, 2.05) is 0 Å². The highest BCUT2D eigenvalue weighted by Gasteiger charge is 2.16. The SMILES string of the molecule is CCC(=O)NCCN(C(C)=O)c1cccc(Cl)c1Cl. The average molecular weight is 303 g/mol. The molecule has 0 aliphatic rings. The van der Waals surface area contributed by atoms with E-state index in [4.69, 9.17) is 23.2 Å². The van der Waals surface area contributed by atoms with Gasteiger partial charge in [-0.15, -0.1) is 0 Å². The molecule has 0 aliphatic heterocycles. The first-order valence-corrected chi connectivity index (χ1v) is 6.71. The fourth-order valence-corrected chi connectivity index (χ4v) is 1.98. The first-order chi connectivity index (χ1) is 8.97. The van der Waals surface area contributed by atoms with Crippen LogP contribution in [0.15, 0.2) is 18.2 Å². The zero-order valence-electron chi connectivity index (χ0n) is 10.9. The molecular weight excluding hydrogens is 287 g/mol. The molecule has 0 heterocycles. The van der Waals surface area contributed by atoms with Crippen LogP contribution < -0.4 is 10.2 Å². The van der Waals surface area contributed by atoms with Gasteiger partial charge in [0.2, 0.25) is 11.8 Å². The van der Waals surface area contributed by atoms with Gasteiger partial charge in [-0.25, -0.2) is 0 Å². The van der Waals surface area contributed by atoms with Crippen LogP contribution in [0.1, 0.15) is 20.3 Å². The van der Waals surface area contributed by atoms with E-state index in [2.05, 4.69) is 5.32 Å². The summed E-state index contributed by atoms with van der Waals surface area (Å²) in [4.78, 5) is 24.3. The van der Waals surface area contributed by atoms with Gasteiger partial charge >= 0.3 is 0 Å². The summed E-state index contributed by atoms with van der Waals surface area (Å²) >= 11 is 12.0. The molecule has 0 fully saturated rings. The number of carbonyl (C=O) groups excluding carboxylic acids is 2. The number of rotatable bonds is 5. The largest absolute Gasteiger partial charge is 0.354 e. The minimum Gasteiger partial charge on any atom is -0.354 e. The molecule has 2 amide bonds. The van der Waals surface area contributed by atoms with Gasteiger partial charge in [-0.1, -0.05) is 36.2 Å². The first-order valence-electron chi connectivity index (χ1n) is 5.96. The molecule has 0 radical (unpaired) electrons. The minimum atomic E-state index is -0.157. The molecule has 1 aromatic rings. The standard InChI is InChI=1S/C13H16Cl2N2O2/c1-3-12(19)16-7-8-17(9(2)18)11-6-4-5-10(14)13(11)15/h4-6H,3,7-8H2,1-2H3,(H,16,19). The Labute approximate surface area is 122 Å². The predicted molar refractivity (Wildman–Crippen MR) is 77.8 cm³/mol. The zero-order chi connectivity index (χ0) is 14.4. The van der Waals surface area contributed by atoms with Crippen molar-refractivity contribution in [1.29, 1.82) is 0 Å². The highest BCUT2D eigenvalue weighted by molar-refractivity contribution is 6.44. The van der Waals surface area contributed by atoms with Gasteiger partial charge < -0.3 is 10.2 Å². The Morgan fingerprint density at radius 2 is 2.00 bits per heavy atom. The monoisotopic (exact) mass is 302 g/mol. The third kappa shape index (κ3) is 4.40. The summed E-state index contributed by atoms with van der Waals surface area (Å²) < 4.78 is 0. The lowest BCUT2D eigenvalue weighted by Gasteiger charge is -2.22. The number of amides is 2. The van der Waals surface area contributed by atoms with Gasteiger partial charge in [-0.05, 0) is 12.1 Å². The fourth-order valence-electron chi connectivity index (χ4n) is 1.58. The third-order valence-corrected chi connectivity index (χ3v) is 3.39. The lowest BCUT2D eigenvalue weighted by Crippen LogP contribution is -2.37. The molecular formula is C13H16Cl2N2O2. The first kappa shape index (κ1) is 15.8. The molecule has 0 bridgehead atoms. The summed E-state index contributed by atoms with van der Waals surface area (Å²) in [7, 11) is 0. The van der Waals surface area contributed by atoms with Crippen LogP contribution in [-0.4, -0.2) is 24.9 Å². The molecule has 0 spiro atoms. The lowest BCUT2D eigenvalue weighted by molar-refractivity contribution is -0.121. The number of carbonyl (C=O) groups is 2. The maximum Gasteiger partial charge on any atom is 0.223 e. The molecule has 0 saturated carbocycles. The molecule has 0 saturated heterocycles. The van der Waals surface area contributed by atoms with Crippen LogP contribution in [-0.2, 0) is 9.59 Å². The number of anilines is 1. The van der Waals surface area contributed by atoms with Gasteiger partial charge in [0, 0.05) is 26.4 Å². The smallest absolute Gasteiger partial charge is 0.223 e. The van der Waals surface area contributed by atoms with E-state index in [0.29, 0.717) is 35.2 Å².